The van der Waals surface area contributed by atoms with Gasteiger partial charge in [-0.05, 0) is 59.6 Å². The Hall–Kier alpha value is -2.26. The number of carbonyl (C=O) groups excluding carboxylic acids is 2. The molecule has 1 heterocycles. The number of fused-ring (bicyclic) bond motifs is 1. The summed E-state index contributed by atoms with van der Waals surface area (Å²) in [4.78, 5) is 21.4. The van der Waals surface area contributed by atoms with Crippen LogP contribution in [0.15, 0.2) is 23.1 Å². The van der Waals surface area contributed by atoms with Crippen molar-refractivity contribution >= 4 is 27.7 Å². The molecule has 2 rings (SSSR count). The first-order valence-electron chi connectivity index (χ1n) is 13.7. The van der Waals surface area contributed by atoms with Gasteiger partial charge < -0.3 is 28.7 Å². The molecular formula is C27H41F3NO9S-. The number of quaternary nitrogens is 1. The predicted octanol–water partition coefficient (Wildman–Crippen LogP) is 2.37. The van der Waals surface area contributed by atoms with Crippen molar-refractivity contribution < 1.29 is 59.9 Å². The van der Waals surface area contributed by atoms with Crippen molar-refractivity contribution in [3.63, 3.8) is 0 Å². The first-order valence-corrected chi connectivity index (χ1v) is 15.1. The van der Waals surface area contributed by atoms with Crippen LogP contribution in [0.4, 0.5) is 18.9 Å². The van der Waals surface area contributed by atoms with E-state index in [1.165, 1.54) is 11.0 Å². The van der Waals surface area contributed by atoms with Crippen molar-refractivity contribution in [2.24, 2.45) is 0 Å². The molecule has 1 N–H and O–H groups in total. The van der Waals surface area contributed by atoms with Crippen LogP contribution in [0.2, 0.25) is 0 Å². The fourth-order valence-electron chi connectivity index (χ4n) is 5.02. The highest BCUT2D eigenvalue weighted by atomic mass is 32.2. The number of carboxylic acid groups (broad SMARTS) is 1. The van der Waals surface area contributed by atoms with E-state index < -0.39 is 22.3 Å². The molecule has 0 radical (unpaired) electrons. The van der Waals surface area contributed by atoms with Gasteiger partial charge in [-0.2, -0.15) is 13.2 Å². The lowest BCUT2D eigenvalue weighted by atomic mass is 9.75. The van der Waals surface area contributed by atoms with Gasteiger partial charge in [0, 0.05) is 37.7 Å². The van der Waals surface area contributed by atoms with Crippen LogP contribution in [-0.2, 0) is 39.3 Å². The zero-order valence-corrected chi connectivity index (χ0v) is 25.0. The molecule has 41 heavy (non-hydrogen) atoms. The van der Waals surface area contributed by atoms with Crippen LogP contribution in [0.5, 0.6) is 0 Å². The Kier molecular flexibility index (Phi) is 14.7. The monoisotopic (exact) mass is 612 g/mol. The zero-order valence-electron chi connectivity index (χ0n) is 24.2. The highest BCUT2D eigenvalue weighted by molar-refractivity contribution is 7.85. The second kappa shape index (κ2) is 16.4. The summed E-state index contributed by atoms with van der Waals surface area (Å²) in [5.74, 6) is -3.18. The van der Waals surface area contributed by atoms with Crippen molar-refractivity contribution in [1.82, 2.24) is 0 Å². The molecule has 1 aromatic rings. The molecule has 0 aromatic heterocycles. The first kappa shape index (κ1) is 36.8. The summed E-state index contributed by atoms with van der Waals surface area (Å²) in [6.07, 6.45) is -1.01. The minimum Gasteiger partial charge on any atom is -0.744 e. The Morgan fingerprint density at radius 1 is 1.07 bits per heavy atom. The summed E-state index contributed by atoms with van der Waals surface area (Å²) < 4.78 is 83.2. The van der Waals surface area contributed by atoms with Crippen LogP contribution in [0.3, 0.4) is 0 Å². The van der Waals surface area contributed by atoms with E-state index in [2.05, 4.69) is 13.8 Å². The van der Waals surface area contributed by atoms with E-state index >= 15 is 0 Å². The van der Waals surface area contributed by atoms with Gasteiger partial charge in [0.1, 0.15) is 21.8 Å². The fourth-order valence-corrected chi connectivity index (χ4v) is 5.51. The predicted molar refractivity (Wildman–Crippen MR) is 139 cm³/mol. The Morgan fingerprint density at radius 2 is 1.66 bits per heavy atom. The minimum atomic E-state index is -5.19. The molecule has 1 aliphatic rings. The molecular weight excluding hydrogens is 571 g/mol. The van der Waals surface area contributed by atoms with E-state index in [0.717, 1.165) is 43.5 Å². The molecule has 0 bridgehead atoms. The number of carboxylic acids is 1. The van der Waals surface area contributed by atoms with Crippen LogP contribution >= 0.6 is 0 Å². The molecule has 1 aliphatic heterocycles. The van der Waals surface area contributed by atoms with Gasteiger partial charge in [-0.25, -0.2) is 8.42 Å². The third-order valence-electron chi connectivity index (χ3n) is 7.19. The summed E-state index contributed by atoms with van der Waals surface area (Å²) in [6, 6.07) is 4.94. The van der Waals surface area contributed by atoms with Gasteiger partial charge in [0.25, 0.3) is 0 Å². The zero-order chi connectivity index (χ0) is 31.4. The average Bonchev–Trinajstić information content (AvgIpc) is 3.08. The number of hydrogen-bond donors (Lipinski definition) is 1. The van der Waals surface area contributed by atoms with E-state index in [-0.39, 0.29) is 28.6 Å². The number of hydrogen-bond acceptors (Lipinski definition) is 9. The molecule has 10 nitrogen and oxygen atoms in total. The number of unbranched alkanes of at least 4 members (excludes halogenated alkanes) is 2. The largest absolute Gasteiger partial charge is 0.744 e. The molecule has 1 aromatic carbocycles. The van der Waals surface area contributed by atoms with Gasteiger partial charge >= 0.3 is 12.1 Å². The number of nitrogens with one attached hydrogen (secondary N) is 1. The van der Waals surface area contributed by atoms with E-state index in [1.807, 2.05) is 13.8 Å². The first-order chi connectivity index (χ1) is 19.0. The van der Waals surface area contributed by atoms with Gasteiger partial charge in [0.15, 0.2) is 6.29 Å². The number of esters is 1. The van der Waals surface area contributed by atoms with Crippen molar-refractivity contribution in [2.45, 2.75) is 102 Å². The molecule has 0 aliphatic carbocycles. The number of ether oxygens (including phenoxy) is 3. The van der Waals surface area contributed by atoms with Crippen LogP contribution in [0.1, 0.15) is 78.7 Å². The Balaban J connectivity index is 0.00000106. The number of aliphatic carboxylic acids is 1. The SMILES string of the molecule is CCOC(=O)CCCCCC1(C)c2cc(S(=O)(=O)[O-])ccc2[NH+](CCC(OCC)OCC)C1C.O=C([O-])C(F)(F)F. The van der Waals surface area contributed by atoms with Gasteiger partial charge in [-0.15, -0.1) is 0 Å². The maximum Gasteiger partial charge on any atom is 0.430 e. The lowest BCUT2D eigenvalue weighted by Crippen LogP contribution is -3.10. The van der Waals surface area contributed by atoms with Crippen LogP contribution in [-0.4, -0.2) is 69.8 Å². The normalized spacial score (nSPS) is 20.3. The van der Waals surface area contributed by atoms with Gasteiger partial charge in [0.2, 0.25) is 0 Å². The third-order valence-corrected chi connectivity index (χ3v) is 8.02. The van der Waals surface area contributed by atoms with Gasteiger partial charge in [-0.1, -0.05) is 12.8 Å². The molecule has 236 valence electrons. The highest BCUT2D eigenvalue weighted by Crippen LogP contribution is 2.41. The van der Waals surface area contributed by atoms with Gasteiger partial charge in [-0.3, -0.25) is 9.69 Å². The van der Waals surface area contributed by atoms with Crippen molar-refractivity contribution in [3.8, 4) is 0 Å². The second-order valence-electron chi connectivity index (χ2n) is 9.86. The molecule has 0 saturated carbocycles. The third kappa shape index (κ3) is 11.2. The maximum absolute atomic E-state index is 11.7. The topological polar surface area (TPSA) is 147 Å². The van der Waals surface area contributed by atoms with Crippen molar-refractivity contribution in [3.05, 3.63) is 23.8 Å². The van der Waals surface area contributed by atoms with Crippen LogP contribution in [0.25, 0.3) is 0 Å². The molecule has 0 fully saturated rings. The summed E-state index contributed by atoms with van der Waals surface area (Å²) in [5, 5.41) is 8.78. The Bertz CT molecular complexity index is 1090. The van der Waals surface area contributed by atoms with Crippen molar-refractivity contribution in [2.75, 3.05) is 26.4 Å². The lowest BCUT2D eigenvalue weighted by Gasteiger charge is -2.31. The molecule has 0 spiro atoms. The minimum absolute atomic E-state index is 0.168. The standard InChI is InChI=1S/C25H41NO7S.C2HF3O2/c1-6-31-23(27)12-10-9-11-16-25(5)19(4)26(17-15-24(32-7-2)33-8-3)22-14-13-20(18-21(22)25)34(28,29)30;3-2(4,5)1(6)7/h13-14,18-19,24H,6-12,15-17H2,1-5H3,(H,28,29,30);(H,6,7)/p-1. The van der Waals surface area contributed by atoms with Crippen LogP contribution < -0.4 is 10.0 Å². The Morgan fingerprint density at radius 3 is 2.15 bits per heavy atom. The van der Waals surface area contributed by atoms with Gasteiger partial charge in [0.05, 0.1) is 29.5 Å². The average molecular weight is 613 g/mol. The van der Waals surface area contributed by atoms with E-state index in [1.54, 1.807) is 19.1 Å². The fraction of sp³-hybridized carbons (Fsp3) is 0.704. The number of rotatable bonds is 15. The van der Waals surface area contributed by atoms with E-state index in [9.17, 15) is 30.9 Å². The number of carbonyl (C=O) groups is 2. The highest BCUT2D eigenvalue weighted by Gasteiger charge is 2.49. The summed E-state index contributed by atoms with van der Waals surface area (Å²) >= 11 is 0. The summed E-state index contributed by atoms with van der Waals surface area (Å²) in [7, 11) is -4.54. The maximum atomic E-state index is 11.7. The summed E-state index contributed by atoms with van der Waals surface area (Å²) in [5.41, 5.74) is 1.64. The quantitative estimate of drug-likeness (QED) is 0.136. The number of alkyl halides is 3. The van der Waals surface area contributed by atoms with Crippen molar-refractivity contribution in [1.29, 1.82) is 0 Å². The molecule has 3 unspecified atom stereocenters. The molecule has 14 heteroatoms. The Labute approximate surface area is 239 Å². The lowest BCUT2D eigenvalue weighted by molar-refractivity contribution is -0.857. The number of halogens is 3. The second-order valence-corrected chi connectivity index (χ2v) is 11.2. The van der Waals surface area contributed by atoms with Crippen LogP contribution in [0, 0.1) is 0 Å². The smallest absolute Gasteiger partial charge is 0.430 e. The molecule has 0 amide bonds. The molecule has 0 saturated heterocycles. The molecule has 3 atom stereocenters. The van der Waals surface area contributed by atoms with E-state index in [4.69, 9.17) is 24.1 Å². The summed E-state index contributed by atoms with van der Waals surface area (Å²) in [6.45, 7) is 12.3. The van der Waals surface area contributed by atoms with E-state index in [0.29, 0.717) is 32.7 Å². The number of benzene rings is 1.